The van der Waals surface area contributed by atoms with Gasteiger partial charge in [-0.2, -0.15) is 0 Å². The van der Waals surface area contributed by atoms with Crippen molar-refractivity contribution in [2.75, 3.05) is 0 Å². The fraction of sp³-hybridized carbons (Fsp3) is 0.200. The first-order chi connectivity index (χ1) is 9.52. The van der Waals surface area contributed by atoms with E-state index in [0.29, 0.717) is 21.5 Å². The number of hydrogen-bond acceptors (Lipinski definition) is 2. The van der Waals surface area contributed by atoms with Gasteiger partial charge in [0, 0.05) is 33.1 Å². The van der Waals surface area contributed by atoms with Gasteiger partial charge in [0.25, 0.3) is 0 Å². The van der Waals surface area contributed by atoms with Crippen LogP contribution in [0.15, 0.2) is 36.4 Å². The molecule has 2 atom stereocenters. The zero-order valence-corrected chi connectivity index (χ0v) is 12.7. The summed E-state index contributed by atoms with van der Waals surface area (Å²) in [4.78, 5) is 0. The van der Waals surface area contributed by atoms with Gasteiger partial charge in [0.05, 0.1) is 0 Å². The summed E-state index contributed by atoms with van der Waals surface area (Å²) in [6.07, 6.45) is 0.499. The van der Waals surface area contributed by atoms with Gasteiger partial charge in [0.2, 0.25) is 0 Å². The van der Waals surface area contributed by atoms with Gasteiger partial charge in [-0.05, 0) is 42.0 Å². The first-order valence-corrected chi connectivity index (χ1v) is 7.34. The highest BCUT2D eigenvalue weighted by molar-refractivity contribution is 6.34. The van der Waals surface area contributed by atoms with Crippen molar-refractivity contribution in [2.24, 2.45) is 5.73 Å². The van der Waals surface area contributed by atoms with Crippen LogP contribution in [0.1, 0.15) is 29.7 Å². The summed E-state index contributed by atoms with van der Waals surface area (Å²) in [7, 11) is 0. The third-order valence-corrected chi connectivity index (χ3v) is 4.04. The van der Waals surface area contributed by atoms with Crippen molar-refractivity contribution in [1.29, 1.82) is 0 Å². The Balaban J connectivity index is 1.96. The third-order valence-electron chi connectivity index (χ3n) is 3.37. The molecule has 3 rings (SSSR count). The Labute approximate surface area is 132 Å². The van der Waals surface area contributed by atoms with Crippen molar-refractivity contribution in [2.45, 2.75) is 18.6 Å². The lowest BCUT2D eigenvalue weighted by Crippen LogP contribution is -2.24. The van der Waals surface area contributed by atoms with Gasteiger partial charge in [-0.15, -0.1) is 0 Å². The van der Waals surface area contributed by atoms with E-state index >= 15 is 0 Å². The van der Waals surface area contributed by atoms with E-state index in [9.17, 15) is 0 Å². The molecule has 2 N–H and O–H groups in total. The van der Waals surface area contributed by atoms with E-state index in [1.807, 2.05) is 24.3 Å². The van der Waals surface area contributed by atoms with Crippen LogP contribution in [-0.4, -0.2) is 0 Å². The number of rotatable bonds is 1. The molecule has 20 heavy (non-hydrogen) atoms. The van der Waals surface area contributed by atoms with Crippen molar-refractivity contribution >= 4 is 34.8 Å². The molecule has 1 aliphatic rings. The van der Waals surface area contributed by atoms with Crippen LogP contribution in [0.3, 0.4) is 0 Å². The fourth-order valence-electron chi connectivity index (χ4n) is 2.44. The number of halogens is 3. The second kappa shape index (κ2) is 5.45. The van der Waals surface area contributed by atoms with E-state index < -0.39 is 0 Å². The molecule has 0 aromatic heterocycles. The molecule has 0 saturated carbocycles. The predicted octanol–water partition coefficient (Wildman–Crippen LogP) is 5.17. The van der Waals surface area contributed by atoms with Crippen LogP contribution >= 0.6 is 34.8 Å². The van der Waals surface area contributed by atoms with Crippen LogP contribution in [0, 0.1) is 0 Å². The Kier molecular flexibility index (Phi) is 3.83. The molecule has 1 aliphatic heterocycles. The van der Waals surface area contributed by atoms with Crippen LogP contribution in [0.25, 0.3) is 0 Å². The Morgan fingerprint density at radius 2 is 1.65 bits per heavy atom. The van der Waals surface area contributed by atoms with Gasteiger partial charge in [-0.1, -0.05) is 34.8 Å². The molecule has 0 fully saturated rings. The Bertz CT molecular complexity index is 639. The standard InChI is InChI=1S/C15H12Cl3NO/c16-9-1-2-14-12(6-9)13(19)7-15(20-14)8-3-10(17)5-11(18)4-8/h1-6,13,15H,7,19H2. The lowest BCUT2D eigenvalue weighted by molar-refractivity contribution is 0.161. The van der Waals surface area contributed by atoms with Gasteiger partial charge < -0.3 is 10.5 Å². The van der Waals surface area contributed by atoms with E-state index in [1.54, 1.807) is 12.1 Å². The first-order valence-electron chi connectivity index (χ1n) is 6.20. The molecule has 0 bridgehead atoms. The van der Waals surface area contributed by atoms with Crippen molar-refractivity contribution in [3.8, 4) is 5.75 Å². The number of ether oxygens (including phenoxy) is 1. The average Bonchev–Trinajstić information content (AvgIpc) is 2.38. The van der Waals surface area contributed by atoms with Gasteiger partial charge in [0.15, 0.2) is 0 Å². The molecule has 2 aromatic rings. The molecule has 0 radical (unpaired) electrons. The maximum atomic E-state index is 6.21. The summed E-state index contributed by atoms with van der Waals surface area (Å²) in [5, 5.41) is 1.84. The van der Waals surface area contributed by atoms with Gasteiger partial charge in [-0.25, -0.2) is 0 Å². The van der Waals surface area contributed by atoms with Crippen LogP contribution in [0.2, 0.25) is 15.1 Å². The minimum absolute atomic E-state index is 0.125. The van der Waals surface area contributed by atoms with Crippen LogP contribution in [0.4, 0.5) is 0 Å². The average molecular weight is 329 g/mol. The molecule has 5 heteroatoms. The normalized spacial score (nSPS) is 21.2. The van der Waals surface area contributed by atoms with Gasteiger partial charge in [0.1, 0.15) is 11.9 Å². The molecule has 0 aliphatic carbocycles. The fourth-order valence-corrected chi connectivity index (χ4v) is 3.16. The lowest BCUT2D eigenvalue weighted by Gasteiger charge is -2.30. The SMILES string of the molecule is NC1CC(c2cc(Cl)cc(Cl)c2)Oc2ccc(Cl)cc21. The van der Waals surface area contributed by atoms with E-state index in [0.717, 1.165) is 16.9 Å². The number of fused-ring (bicyclic) bond motifs is 1. The van der Waals surface area contributed by atoms with E-state index in [1.165, 1.54) is 0 Å². The number of hydrogen-bond donors (Lipinski definition) is 1. The Morgan fingerprint density at radius 1 is 0.950 bits per heavy atom. The van der Waals surface area contributed by atoms with Crippen molar-refractivity contribution in [3.63, 3.8) is 0 Å². The van der Waals surface area contributed by atoms with Crippen LogP contribution in [0.5, 0.6) is 5.75 Å². The monoisotopic (exact) mass is 327 g/mol. The van der Waals surface area contributed by atoms with Crippen molar-refractivity contribution < 1.29 is 4.74 Å². The first kappa shape index (κ1) is 14.0. The van der Waals surface area contributed by atoms with Crippen molar-refractivity contribution in [3.05, 3.63) is 62.6 Å². The minimum atomic E-state index is -0.158. The highest BCUT2D eigenvalue weighted by atomic mass is 35.5. The maximum absolute atomic E-state index is 6.21. The van der Waals surface area contributed by atoms with Crippen LogP contribution in [-0.2, 0) is 0 Å². The summed E-state index contributed by atoms with van der Waals surface area (Å²) >= 11 is 18.1. The number of nitrogens with two attached hydrogens (primary N) is 1. The van der Waals surface area contributed by atoms with E-state index in [-0.39, 0.29) is 12.1 Å². The predicted molar refractivity (Wildman–Crippen MR) is 82.8 cm³/mol. The van der Waals surface area contributed by atoms with Gasteiger partial charge >= 0.3 is 0 Å². The zero-order chi connectivity index (χ0) is 14.3. The lowest BCUT2D eigenvalue weighted by atomic mass is 9.93. The summed E-state index contributed by atoms with van der Waals surface area (Å²) in [6.45, 7) is 0. The van der Waals surface area contributed by atoms with Crippen LogP contribution < -0.4 is 10.5 Å². The second-order valence-electron chi connectivity index (χ2n) is 4.83. The summed E-state index contributed by atoms with van der Waals surface area (Å²) < 4.78 is 6.00. The molecule has 104 valence electrons. The highest BCUT2D eigenvalue weighted by Gasteiger charge is 2.27. The molecule has 2 nitrogen and oxygen atoms in total. The topological polar surface area (TPSA) is 35.2 Å². The minimum Gasteiger partial charge on any atom is -0.485 e. The molecule has 0 amide bonds. The molecule has 2 aromatic carbocycles. The molecule has 1 heterocycles. The third kappa shape index (κ3) is 2.75. The van der Waals surface area contributed by atoms with Crippen molar-refractivity contribution in [1.82, 2.24) is 0 Å². The zero-order valence-electron chi connectivity index (χ0n) is 10.4. The van der Waals surface area contributed by atoms with Gasteiger partial charge in [-0.3, -0.25) is 0 Å². The Hall–Kier alpha value is -0.930. The second-order valence-corrected chi connectivity index (χ2v) is 6.14. The molecule has 0 saturated heterocycles. The van der Waals surface area contributed by atoms with E-state index in [2.05, 4.69) is 0 Å². The maximum Gasteiger partial charge on any atom is 0.126 e. The molecular formula is C15H12Cl3NO. The largest absolute Gasteiger partial charge is 0.485 e. The quantitative estimate of drug-likeness (QED) is 0.783. The van der Waals surface area contributed by atoms with E-state index in [4.69, 9.17) is 45.3 Å². The summed E-state index contributed by atoms with van der Waals surface area (Å²) in [6, 6.07) is 10.8. The Morgan fingerprint density at radius 3 is 2.35 bits per heavy atom. The molecular weight excluding hydrogens is 317 g/mol. The molecule has 0 spiro atoms. The highest BCUT2D eigenvalue weighted by Crippen LogP contribution is 2.41. The number of benzene rings is 2. The summed E-state index contributed by atoms with van der Waals surface area (Å²) in [5.41, 5.74) is 8.08. The smallest absolute Gasteiger partial charge is 0.126 e. The molecule has 2 unspecified atom stereocenters. The summed E-state index contributed by atoms with van der Waals surface area (Å²) in [5.74, 6) is 0.759.